The topological polar surface area (TPSA) is 145 Å². The van der Waals surface area contributed by atoms with E-state index in [9.17, 15) is 13.2 Å². The van der Waals surface area contributed by atoms with Crippen molar-refractivity contribution < 1.29 is 21.6 Å². The highest BCUT2D eigenvalue weighted by molar-refractivity contribution is 7.81. The van der Waals surface area contributed by atoms with Crippen molar-refractivity contribution in [2.75, 3.05) is 52.5 Å². The molecule has 2 N–H and O–H groups in total. The lowest BCUT2D eigenvalue weighted by molar-refractivity contribution is -0.121. The van der Waals surface area contributed by atoms with Crippen LogP contribution < -0.4 is 10.6 Å². The Kier molecular flexibility index (Phi) is 39.0. The zero-order valence-electron chi connectivity index (χ0n) is 30.5. The van der Waals surface area contributed by atoms with Crippen LogP contribution in [0.5, 0.6) is 0 Å². The van der Waals surface area contributed by atoms with Crippen LogP contribution in [0.2, 0.25) is 0 Å². The van der Waals surface area contributed by atoms with Gasteiger partial charge in [-0.25, -0.2) is 8.37 Å². The van der Waals surface area contributed by atoms with Crippen molar-refractivity contribution in [1.82, 2.24) is 15.5 Å². The molecule has 11 heteroatoms. The average molecular weight is 686 g/mol. The van der Waals surface area contributed by atoms with Crippen molar-refractivity contribution >= 4 is 16.3 Å². The number of amides is 1. The molecule has 276 valence electrons. The summed E-state index contributed by atoms with van der Waals surface area (Å²) in [5.74, 6) is 0.143. The summed E-state index contributed by atoms with van der Waals surface area (Å²) in [5.41, 5.74) is 0. The second-order valence-electron chi connectivity index (χ2n) is 12.1. The van der Waals surface area contributed by atoms with Crippen molar-refractivity contribution in [3.63, 3.8) is 0 Å². The number of hydrogen-bond acceptors (Lipinski definition) is 9. The summed E-state index contributed by atoms with van der Waals surface area (Å²) >= 11 is 0. The van der Waals surface area contributed by atoms with E-state index in [0.29, 0.717) is 38.9 Å². The minimum absolute atomic E-state index is 0.113. The summed E-state index contributed by atoms with van der Waals surface area (Å²) in [6.07, 6.45) is 27.5. The predicted octanol–water partition coefficient (Wildman–Crippen LogP) is 7.95. The second-order valence-corrected chi connectivity index (χ2v) is 13.4. The van der Waals surface area contributed by atoms with Crippen molar-refractivity contribution in [2.45, 2.75) is 162 Å². The molecule has 10 nitrogen and oxygen atoms in total. The Bertz CT molecular complexity index is 849. The first-order chi connectivity index (χ1) is 22.9. The van der Waals surface area contributed by atoms with Crippen LogP contribution in [0, 0.1) is 22.7 Å². The fraction of sp³-hybridized carbons (Fsp3) is 0.917. The number of nitrogens with zero attached hydrogens (tertiary/aromatic N) is 3. The molecule has 1 amide bonds. The van der Waals surface area contributed by atoms with E-state index in [0.717, 1.165) is 32.5 Å². The number of carbonyl (C=O) groups excluding carboxylic acids is 1. The van der Waals surface area contributed by atoms with Gasteiger partial charge in [-0.05, 0) is 20.3 Å². The molecular formula is C36H71N5O5S. The molecule has 0 aromatic rings. The molecule has 0 rings (SSSR count). The maximum atomic E-state index is 12.1. The number of nitriles is 2. The highest BCUT2D eigenvalue weighted by atomic mass is 32.3. The lowest BCUT2D eigenvalue weighted by atomic mass is 10.0. The first-order valence-corrected chi connectivity index (χ1v) is 20.2. The lowest BCUT2D eigenvalue weighted by Crippen LogP contribution is -2.39. The molecule has 0 spiro atoms. The van der Waals surface area contributed by atoms with E-state index in [1.165, 1.54) is 109 Å². The third kappa shape index (κ3) is 40.3. The first kappa shape index (κ1) is 47.4. The standard InChI is InChI=1S/C32H61N5O.C4H10O4S/c1-2-3-4-5-6-7-8-9-10-11-12-13-14-15-16-17-18-19-20-23-32(38)36-28-31-37(29-22-25-34)30-27-35-26-21-24-33;1-3-7-9(5,6)8-4-2/h35H,2-23,26-31H2,1H3,(H,36,38);3-4H2,1-2H3. The molecule has 47 heavy (non-hydrogen) atoms. The van der Waals surface area contributed by atoms with Crippen LogP contribution in [0.25, 0.3) is 0 Å². The largest absolute Gasteiger partial charge is 0.399 e. The highest BCUT2D eigenvalue weighted by Gasteiger charge is 2.08. The fourth-order valence-corrected chi connectivity index (χ4v) is 5.82. The molecule has 0 aromatic heterocycles. The number of carbonyl (C=O) groups is 1. The van der Waals surface area contributed by atoms with Gasteiger partial charge in [0.05, 0.1) is 25.4 Å². The molecule has 0 aliphatic heterocycles. The summed E-state index contributed by atoms with van der Waals surface area (Å²) < 4.78 is 29.2. The lowest BCUT2D eigenvalue weighted by Gasteiger charge is -2.21. The molecule has 0 unspecified atom stereocenters. The Hall–Kier alpha value is -1.76. The van der Waals surface area contributed by atoms with Gasteiger partial charge in [0, 0.05) is 58.5 Å². The molecule has 0 aromatic carbocycles. The molecule has 0 saturated carbocycles. The van der Waals surface area contributed by atoms with Crippen LogP contribution in [0.15, 0.2) is 0 Å². The number of nitrogens with one attached hydrogen (secondary N) is 2. The molecule has 0 heterocycles. The highest BCUT2D eigenvalue weighted by Crippen LogP contribution is 2.14. The van der Waals surface area contributed by atoms with Crippen molar-refractivity contribution in [3.8, 4) is 12.1 Å². The molecular weight excluding hydrogens is 614 g/mol. The molecule has 0 aliphatic rings. The van der Waals surface area contributed by atoms with E-state index in [-0.39, 0.29) is 19.1 Å². The smallest absolute Gasteiger partial charge is 0.355 e. The van der Waals surface area contributed by atoms with Gasteiger partial charge in [-0.15, -0.1) is 0 Å². The minimum Gasteiger partial charge on any atom is -0.355 e. The number of hydrogen-bond donors (Lipinski definition) is 2. The number of rotatable bonds is 34. The van der Waals surface area contributed by atoms with E-state index < -0.39 is 10.4 Å². The zero-order valence-corrected chi connectivity index (χ0v) is 31.3. The maximum absolute atomic E-state index is 12.1. The van der Waals surface area contributed by atoms with E-state index in [2.05, 4.69) is 43.0 Å². The molecule has 0 radical (unpaired) electrons. The minimum atomic E-state index is -3.68. The molecule has 0 saturated heterocycles. The molecule has 0 atom stereocenters. The Morgan fingerprint density at radius 2 is 1.02 bits per heavy atom. The predicted molar refractivity (Wildman–Crippen MR) is 193 cm³/mol. The maximum Gasteiger partial charge on any atom is 0.399 e. The van der Waals surface area contributed by atoms with Gasteiger partial charge in [0.2, 0.25) is 5.91 Å². The third-order valence-electron chi connectivity index (χ3n) is 7.84. The van der Waals surface area contributed by atoms with Gasteiger partial charge in [0.15, 0.2) is 0 Å². The Labute approximate surface area is 290 Å². The van der Waals surface area contributed by atoms with Gasteiger partial charge in [-0.1, -0.05) is 122 Å². The molecule has 0 fully saturated rings. The summed E-state index contributed by atoms with van der Waals surface area (Å²) in [6, 6.07) is 4.31. The summed E-state index contributed by atoms with van der Waals surface area (Å²) in [6.45, 7) is 10.1. The van der Waals surface area contributed by atoms with E-state index in [1.807, 2.05) is 0 Å². The van der Waals surface area contributed by atoms with Crippen LogP contribution >= 0.6 is 0 Å². The summed E-state index contributed by atoms with van der Waals surface area (Å²) in [4.78, 5) is 14.3. The van der Waals surface area contributed by atoms with Gasteiger partial charge in [0.25, 0.3) is 0 Å². The molecule has 0 aliphatic carbocycles. The normalized spacial score (nSPS) is 11.1. The molecule has 0 bridgehead atoms. The van der Waals surface area contributed by atoms with Gasteiger partial charge >= 0.3 is 10.4 Å². The van der Waals surface area contributed by atoms with E-state index in [4.69, 9.17) is 10.5 Å². The van der Waals surface area contributed by atoms with E-state index >= 15 is 0 Å². The van der Waals surface area contributed by atoms with Crippen LogP contribution in [-0.4, -0.2) is 71.7 Å². The van der Waals surface area contributed by atoms with Crippen molar-refractivity contribution in [2.24, 2.45) is 0 Å². The third-order valence-corrected chi connectivity index (χ3v) is 8.89. The SMILES string of the molecule is CCCCCCCCCCCCCCCCCCCCCC(=O)NCCN(CCC#N)CCNCCC#N.CCOS(=O)(=O)OCC. The van der Waals surface area contributed by atoms with Gasteiger partial charge in [-0.2, -0.15) is 18.9 Å². The van der Waals surface area contributed by atoms with Crippen LogP contribution in [0.3, 0.4) is 0 Å². The Morgan fingerprint density at radius 1 is 0.596 bits per heavy atom. The van der Waals surface area contributed by atoms with Crippen LogP contribution in [0.1, 0.15) is 162 Å². The van der Waals surface area contributed by atoms with Gasteiger partial charge < -0.3 is 10.6 Å². The summed E-state index contributed by atoms with van der Waals surface area (Å²) in [7, 11) is -3.68. The first-order valence-electron chi connectivity index (χ1n) is 18.8. The number of unbranched alkanes of at least 4 members (excludes halogenated alkanes) is 18. The van der Waals surface area contributed by atoms with Gasteiger partial charge in [-0.3, -0.25) is 9.69 Å². The van der Waals surface area contributed by atoms with Crippen LogP contribution in [0.4, 0.5) is 0 Å². The zero-order chi connectivity index (χ0) is 35.1. The van der Waals surface area contributed by atoms with Crippen LogP contribution in [-0.2, 0) is 23.6 Å². The summed E-state index contributed by atoms with van der Waals surface area (Å²) in [5, 5.41) is 23.7. The van der Waals surface area contributed by atoms with Crippen molar-refractivity contribution in [1.29, 1.82) is 10.5 Å². The quantitative estimate of drug-likeness (QED) is 0.0645. The Morgan fingerprint density at radius 3 is 1.45 bits per heavy atom. The van der Waals surface area contributed by atoms with Gasteiger partial charge in [0.1, 0.15) is 0 Å². The van der Waals surface area contributed by atoms with Crippen molar-refractivity contribution in [3.05, 3.63) is 0 Å². The van der Waals surface area contributed by atoms with E-state index in [1.54, 1.807) is 13.8 Å². The Balaban J connectivity index is 0. The monoisotopic (exact) mass is 686 g/mol. The fourth-order valence-electron chi connectivity index (χ4n) is 5.18. The second kappa shape index (κ2) is 38.7. The average Bonchev–Trinajstić information content (AvgIpc) is 3.04.